The van der Waals surface area contributed by atoms with Crippen LogP contribution in [-0.4, -0.2) is 16.6 Å². The lowest BCUT2D eigenvalue weighted by atomic mass is 10.2. The number of nitrogens with zero attached hydrogens (tertiary/aromatic N) is 1. The molecule has 1 heterocycles. The summed E-state index contributed by atoms with van der Waals surface area (Å²) < 4.78 is 0. The molecule has 0 fully saturated rings. The molecular weight excluding hydrogens is 359 g/mol. The molecule has 1 N–H and O–H groups in total. The smallest absolute Gasteiger partial charge is 0.221 e. The van der Waals surface area contributed by atoms with Crippen LogP contribution in [0.25, 0.3) is 0 Å². The predicted octanol–water partition coefficient (Wildman–Crippen LogP) is 4.70. The van der Waals surface area contributed by atoms with E-state index in [0.29, 0.717) is 23.0 Å². The molecule has 2 aromatic rings. The lowest BCUT2D eigenvalue weighted by Crippen LogP contribution is -2.23. The van der Waals surface area contributed by atoms with Crippen LogP contribution in [0.2, 0.25) is 10.0 Å². The minimum atomic E-state index is 0.0213. The first-order valence-corrected chi connectivity index (χ1v) is 9.53. The number of rotatable bonds is 7. The molecule has 0 radical (unpaired) electrons. The van der Waals surface area contributed by atoms with Crippen LogP contribution in [0.4, 0.5) is 0 Å². The van der Waals surface area contributed by atoms with Gasteiger partial charge in [0.15, 0.2) is 0 Å². The Morgan fingerprint density at radius 2 is 2.23 bits per heavy atom. The fourth-order valence-corrected chi connectivity index (χ4v) is 3.79. The summed E-state index contributed by atoms with van der Waals surface area (Å²) in [5.74, 6) is 1.64. The Hall–Kier alpha value is -0.750. The quantitative estimate of drug-likeness (QED) is 0.714. The number of carbonyl (C=O) groups excluding carboxylic acids is 1. The van der Waals surface area contributed by atoms with Crippen molar-refractivity contribution in [2.24, 2.45) is 0 Å². The van der Waals surface area contributed by atoms with Crippen molar-refractivity contribution in [1.29, 1.82) is 0 Å². The van der Waals surface area contributed by atoms with Crippen molar-refractivity contribution < 1.29 is 4.79 Å². The number of halogens is 2. The number of benzene rings is 1. The Kier molecular flexibility index (Phi) is 7.02. The normalized spacial score (nSPS) is 10.7. The van der Waals surface area contributed by atoms with Crippen LogP contribution in [0.3, 0.4) is 0 Å². The largest absolute Gasteiger partial charge is 0.352 e. The maximum absolute atomic E-state index is 11.8. The van der Waals surface area contributed by atoms with Crippen LogP contribution in [0, 0.1) is 6.92 Å². The Morgan fingerprint density at radius 1 is 1.41 bits per heavy atom. The fourth-order valence-electron chi connectivity index (χ4n) is 1.76. The zero-order valence-corrected chi connectivity index (χ0v) is 15.2. The first-order valence-electron chi connectivity index (χ1n) is 6.74. The Bertz CT molecular complexity index is 646. The Balaban J connectivity index is 1.65. The lowest BCUT2D eigenvalue weighted by Gasteiger charge is -2.07. The van der Waals surface area contributed by atoms with Crippen LogP contribution in [0.15, 0.2) is 23.6 Å². The number of amides is 1. The van der Waals surface area contributed by atoms with Gasteiger partial charge in [-0.15, -0.1) is 11.3 Å². The number of hydrogen-bond acceptors (Lipinski definition) is 4. The second-order valence-electron chi connectivity index (χ2n) is 4.67. The van der Waals surface area contributed by atoms with E-state index in [1.807, 2.05) is 13.0 Å². The third-order valence-corrected chi connectivity index (χ3v) is 5.28. The molecule has 0 aliphatic rings. The standard InChI is InChI=1S/C15H16Cl2N2OS2/c1-10-19-13(9-22-10)8-21-5-4-15(20)18-7-11-2-3-12(16)6-14(11)17/h2-3,6,9H,4-5,7-8H2,1H3,(H,18,20). The first-order chi connectivity index (χ1) is 10.5. The first kappa shape index (κ1) is 17.6. The van der Waals surface area contributed by atoms with E-state index in [9.17, 15) is 4.79 Å². The summed E-state index contributed by atoms with van der Waals surface area (Å²) in [7, 11) is 0. The summed E-state index contributed by atoms with van der Waals surface area (Å²) >= 11 is 15.3. The molecule has 7 heteroatoms. The van der Waals surface area contributed by atoms with Crippen molar-refractivity contribution in [3.8, 4) is 0 Å². The number of aromatic nitrogens is 1. The number of aryl methyl sites for hydroxylation is 1. The third kappa shape index (κ3) is 5.80. The fraction of sp³-hybridized carbons (Fsp3) is 0.333. The molecule has 22 heavy (non-hydrogen) atoms. The molecule has 0 unspecified atom stereocenters. The molecule has 0 aliphatic heterocycles. The molecule has 118 valence electrons. The highest BCUT2D eigenvalue weighted by atomic mass is 35.5. The van der Waals surface area contributed by atoms with E-state index in [0.717, 1.165) is 27.8 Å². The maximum atomic E-state index is 11.8. The van der Waals surface area contributed by atoms with E-state index < -0.39 is 0 Å². The summed E-state index contributed by atoms with van der Waals surface area (Å²) in [5, 5.41) is 7.17. The van der Waals surface area contributed by atoms with Crippen molar-refractivity contribution in [3.63, 3.8) is 0 Å². The number of thioether (sulfide) groups is 1. The van der Waals surface area contributed by atoms with Gasteiger partial charge in [-0.1, -0.05) is 29.3 Å². The molecule has 2 rings (SSSR count). The van der Waals surface area contributed by atoms with Gasteiger partial charge in [0, 0.05) is 39.9 Å². The maximum Gasteiger partial charge on any atom is 0.221 e. The van der Waals surface area contributed by atoms with Crippen molar-refractivity contribution in [2.45, 2.75) is 25.6 Å². The van der Waals surface area contributed by atoms with Gasteiger partial charge in [0.1, 0.15) is 0 Å². The molecule has 3 nitrogen and oxygen atoms in total. The minimum absolute atomic E-state index is 0.0213. The summed E-state index contributed by atoms with van der Waals surface area (Å²) in [6.45, 7) is 2.42. The average molecular weight is 375 g/mol. The van der Waals surface area contributed by atoms with Crippen molar-refractivity contribution in [1.82, 2.24) is 10.3 Å². The minimum Gasteiger partial charge on any atom is -0.352 e. The highest BCUT2D eigenvalue weighted by Crippen LogP contribution is 2.21. The second kappa shape index (κ2) is 8.77. The van der Waals surface area contributed by atoms with E-state index in [1.165, 1.54) is 0 Å². The van der Waals surface area contributed by atoms with Crippen LogP contribution >= 0.6 is 46.3 Å². The molecule has 0 saturated heterocycles. The van der Waals surface area contributed by atoms with Gasteiger partial charge < -0.3 is 5.32 Å². The number of thiazole rings is 1. The Morgan fingerprint density at radius 3 is 2.91 bits per heavy atom. The van der Waals surface area contributed by atoms with E-state index >= 15 is 0 Å². The monoisotopic (exact) mass is 374 g/mol. The van der Waals surface area contributed by atoms with Gasteiger partial charge in [0.05, 0.1) is 10.7 Å². The number of carbonyl (C=O) groups is 1. The molecule has 0 bridgehead atoms. The molecule has 0 saturated carbocycles. The zero-order chi connectivity index (χ0) is 15.9. The van der Waals surface area contributed by atoms with Crippen molar-refractivity contribution in [2.75, 3.05) is 5.75 Å². The van der Waals surface area contributed by atoms with E-state index in [2.05, 4.69) is 15.7 Å². The summed E-state index contributed by atoms with van der Waals surface area (Å²) in [6.07, 6.45) is 0.485. The van der Waals surface area contributed by atoms with Gasteiger partial charge >= 0.3 is 0 Å². The summed E-state index contributed by atoms with van der Waals surface area (Å²) in [4.78, 5) is 16.2. The van der Waals surface area contributed by atoms with E-state index in [-0.39, 0.29) is 5.91 Å². The van der Waals surface area contributed by atoms with Gasteiger partial charge in [-0.05, 0) is 24.6 Å². The molecule has 1 aromatic carbocycles. The van der Waals surface area contributed by atoms with Crippen LogP contribution < -0.4 is 5.32 Å². The topological polar surface area (TPSA) is 42.0 Å². The van der Waals surface area contributed by atoms with Crippen LogP contribution in [-0.2, 0) is 17.1 Å². The van der Waals surface area contributed by atoms with Gasteiger partial charge in [-0.2, -0.15) is 11.8 Å². The molecule has 1 aromatic heterocycles. The highest BCUT2D eigenvalue weighted by Gasteiger charge is 2.05. The molecular formula is C15H16Cl2N2OS2. The molecule has 1 amide bonds. The number of hydrogen-bond donors (Lipinski definition) is 1. The van der Waals surface area contributed by atoms with Gasteiger partial charge in [-0.25, -0.2) is 4.98 Å². The predicted molar refractivity (Wildman–Crippen MR) is 95.9 cm³/mol. The molecule has 0 spiro atoms. The second-order valence-corrected chi connectivity index (χ2v) is 7.68. The van der Waals surface area contributed by atoms with Gasteiger partial charge in [-0.3, -0.25) is 4.79 Å². The lowest BCUT2D eigenvalue weighted by molar-refractivity contribution is -0.120. The van der Waals surface area contributed by atoms with Crippen molar-refractivity contribution >= 4 is 52.2 Å². The van der Waals surface area contributed by atoms with Gasteiger partial charge in [0.2, 0.25) is 5.91 Å². The summed E-state index contributed by atoms with van der Waals surface area (Å²) in [5.41, 5.74) is 1.95. The number of nitrogens with one attached hydrogen (secondary N) is 1. The summed E-state index contributed by atoms with van der Waals surface area (Å²) in [6, 6.07) is 5.27. The van der Waals surface area contributed by atoms with E-state index in [4.69, 9.17) is 23.2 Å². The average Bonchev–Trinajstić information content (AvgIpc) is 2.88. The van der Waals surface area contributed by atoms with Gasteiger partial charge in [0.25, 0.3) is 0 Å². The Labute approximate surface area is 148 Å². The molecule has 0 atom stereocenters. The van der Waals surface area contributed by atoms with Crippen LogP contribution in [0.1, 0.15) is 22.7 Å². The highest BCUT2D eigenvalue weighted by molar-refractivity contribution is 7.98. The SMILES string of the molecule is Cc1nc(CSCCC(=O)NCc2ccc(Cl)cc2Cl)cs1. The van der Waals surface area contributed by atoms with Crippen LogP contribution in [0.5, 0.6) is 0 Å². The molecule has 0 aliphatic carbocycles. The zero-order valence-electron chi connectivity index (χ0n) is 12.1. The van der Waals surface area contributed by atoms with E-state index in [1.54, 1.807) is 35.2 Å². The third-order valence-electron chi connectivity index (χ3n) is 2.88. The van der Waals surface area contributed by atoms with Crippen molar-refractivity contribution in [3.05, 3.63) is 49.9 Å².